The maximum atomic E-state index is 13.2. The number of alkyl halides is 8. The van der Waals surface area contributed by atoms with E-state index >= 15 is 0 Å². The summed E-state index contributed by atoms with van der Waals surface area (Å²) < 4.78 is 98.1. The van der Waals surface area contributed by atoms with Crippen LogP contribution in [-0.2, 0) is 0 Å². The van der Waals surface area contributed by atoms with Gasteiger partial charge in [0.05, 0.1) is 0 Å². The Morgan fingerprint density at radius 3 is 1.56 bits per heavy atom. The molecule has 0 aromatic heterocycles. The quantitative estimate of drug-likeness (QED) is 0.554. The first-order valence-electron chi connectivity index (χ1n) is 4.07. The lowest BCUT2D eigenvalue weighted by atomic mass is 10.0. The summed E-state index contributed by atoms with van der Waals surface area (Å²) >= 11 is 0. The Kier molecular flexibility index (Phi) is 4.18. The van der Waals surface area contributed by atoms with E-state index in [9.17, 15) is 35.1 Å². The van der Waals surface area contributed by atoms with Gasteiger partial charge in [0, 0.05) is 0 Å². The molecular weight excluding hydrogens is 250 g/mol. The molecule has 0 aliphatic rings. The van der Waals surface area contributed by atoms with Gasteiger partial charge in [0.15, 0.2) is 0 Å². The Labute approximate surface area is 86.0 Å². The van der Waals surface area contributed by atoms with Crippen molar-refractivity contribution < 1.29 is 35.1 Å². The maximum Gasteiger partial charge on any atom is 0.462 e. The summed E-state index contributed by atoms with van der Waals surface area (Å²) in [6, 6.07) is 0. The van der Waals surface area contributed by atoms with Crippen LogP contribution < -0.4 is 0 Å². The topological polar surface area (TPSA) is 3.24 Å². The van der Waals surface area contributed by atoms with Gasteiger partial charge in [-0.3, -0.25) is 0 Å². The second kappa shape index (κ2) is 4.34. The van der Waals surface area contributed by atoms with Crippen LogP contribution in [0.15, 0.2) is 0 Å². The number of hydrogen-bond donors (Lipinski definition) is 0. The summed E-state index contributed by atoms with van der Waals surface area (Å²) in [4.78, 5) is -1.25. The van der Waals surface area contributed by atoms with Crippen molar-refractivity contribution in [1.29, 1.82) is 0 Å². The maximum absolute atomic E-state index is 13.2. The zero-order valence-electron chi connectivity index (χ0n) is 8.26. The number of rotatable bonds is 3. The third-order valence-corrected chi connectivity index (χ3v) is 2.10. The zero-order valence-corrected chi connectivity index (χ0v) is 8.26. The molecule has 16 heavy (non-hydrogen) atoms. The molecule has 98 valence electrons. The van der Waals surface area contributed by atoms with Crippen molar-refractivity contribution in [2.24, 2.45) is 0 Å². The fourth-order valence-electron chi connectivity index (χ4n) is 0.939. The van der Waals surface area contributed by atoms with Gasteiger partial charge in [-0.05, 0) is 13.5 Å². The van der Waals surface area contributed by atoms with Crippen molar-refractivity contribution in [3.63, 3.8) is 0 Å². The molecular formula is C7H9F8N. The van der Waals surface area contributed by atoms with Crippen LogP contribution in [0.3, 0.4) is 0 Å². The van der Waals surface area contributed by atoms with Crippen LogP contribution in [0.5, 0.6) is 0 Å². The van der Waals surface area contributed by atoms with E-state index < -0.39 is 35.8 Å². The van der Waals surface area contributed by atoms with Gasteiger partial charge in [-0.15, -0.1) is 0 Å². The Hall–Kier alpha value is -0.600. The summed E-state index contributed by atoms with van der Waals surface area (Å²) in [6.45, 7) is 0.615. The number of hydrogen-bond acceptors (Lipinski definition) is 1. The monoisotopic (exact) mass is 259 g/mol. The molecule has 0 fully saturated rings. The van der Waals surface area contributed by atoms with Gasteiger partial charge in [0.25, 0.3) is 0 Å². The van der Waals surface area contributed by atoms with E-state index in [0.717, 1.165) is 0 Å². The van der Waals surface area contributed by atoms with E-state index in [1.165, 1.54) is 0 Å². The molecule has 0 aromatic carbocycles. The van der Waals surface area contributed by atoms with Gasteiger partial charge in [-0.25, -0.2) is 8.78 Å². The van der Waals surface area contributed by atoms with E-state index in [1.54, 1.807) is 0 Å². The highest BCUT2D eigenvalue weighted by atomic mass is 19.4. The molecule has 0 N–H and O–H groups in total. The van der Waals surface area contributed by atoms with Gasteiger partial charge in [0.1, 0.15) is 0 Å². The molecule has 0 rings (SSSR count). The van der Waals surface area contributed by atoms with Crippen molar-refractivity contribution in [3.05, 3.63) is 0 Å². The third-order valence-electron chi connectivity index (χ3n) is 2.10. The van der Waals surface area contributed by atoms with Crippen molar-refractivity contribution in [1.82, 2.24) is 4.90 Å². The fourth-order valence-corrected chi connectivity index (χ4v) is 0.939. The molecule has 2 atom stereocenters. The van der Waals surface area contributed by atoms with Crippen LogP contribution in [-0.4, -0.2) is 36.4 Å². The standard InChI is InChI=1S/C7H9F8N/c1-3-5(9,6(10,11)12)4(8)16(2)7(13,14)15/h4H,3H2,1-2H3. The molecule has 1 nitrogen and oxygen atoms in total. The minimum atomic E-state index is -5.71. The predicted molar refractivity (Wildman–Crippen MR) is 38.9 cm³/mol. The van der Waals surface area contributed by atoms with Gasteiger partial charge >= 0.3 is 12.5 Å². The smallest absolute Gasteiger partial charge is 0.229 e. The molecule has 0 bridgehead atoms. The molecule has 0 aliphatic heterocycles. The van der Waals surface area contributed by atoms with Crippen LogP contribution in [0.1, 0.15) is 13.3 Å². The van der Waals surface area contributed by atoms with Crippen LogP contribution in [0.2, 0.25) is 0 Å². The predicted octanol–water partition coefficient (Wildman–Crippen LogP) is 3.41. The lowest BCUT2D eigenvalue weighted by Crippen LogP contribution is -2.57. The zero-order chi connectivity index (χ0) is 13.4. The van der Waals surface area contributed by atoms with Crippen LogP contribution in [0, 0.1) is 0 Å². The second-order valence-corrected chi connectivity index (χ2v) is 3.13. The first-order chi connectivity index (χ1) is 6.88. The summed E-state index contributed by atoms with van der Waals surface area (Å²) in [5, 5.41) is 0. The normalized spacial score (nSPS) is 19.7. The molecule has 0 spiro atoms. The second-order valence-electron chi connectivity index (χ2n) is 3.13. The van der Waals surface area contributed by atoms with Gasteiger partial charge in [0.2, 0.25) is 12.0 Å². The highest BCUT2D eigenvalue weighted by Gasteiger charge is 2.64. The van der Waals surface area contributed by atoms with Gasteiger partial charge in [-0.1, -0.05) is 6.92 Å². The van der Waals surface area contributed by atoms with E-state index in [-0.39, 0.29) is 7.05 Å². The highest BCUT2D eigenvalue weighted by molar-refractivity contribution is 4.93. The molecule has 9 heteroatoms. The Bertz CT molecular complexity index is 234. The van der Waals surface area contributed by atoms with Crippen molar-refractivity contribution in [2.75, 3.05) is 7.05 Å². The van der Waals surface area contributed by atoms with E-state index in [0.29, 0.717) is 6.92 Å². The number of nitrogens with zero attached hydrogens (tertiary/aromatic N) is 1. The summed E-state index contributed by atoms with van der Waals surface area (Å²) in [6.07, 6.45) is -16.4. The largest absolute Gasteiger partial charge is 0.462 e. The fraction of sp³-hybridized carbons (Fsp3) is 1.00. The first kappa shape index (κ1) is 15.4. The van der Waals surface area contributed by atoms with E-state index in [2.05, 4.69) is 0 Å². The van der Waals surface area contributed by atoms with Crippen LogP contribution in [0.4, 0.5) is 35.1 Å². The summed E-state index contributed by atoms with van der Waals surface area (Å²) in [7, 11) is 0.0143. The first-order valence-corrected chi connectivity index (χ1v) is 4.07. The third kappa shape index (κ3) is 2.74. The van der Waals surface area contributed by atoms with E-state index in [1.807, 2.05) is 0 Å². The lowest BCUT2D eigenvalue weighted by molar-refractivity contribution is -0.322. The molecule has 0 aliphatic carbocycles. The van der Waals surface area contributed by atoms with Crippen LogP contribution >= 0.6 is 0 Å². The van der Waals surface area contributed by atoms with Crippen LogP contribution in [0.25, 0.3) is 0 Å². The summed E-state index contributed by atoms with van der Waals surface area (Å²) in [5.41, 5.74) is -4.54. The average molecular weight is 259 g/mol. The molecule has 0 heterocycles. The lowest BCUT2D eigenvalue weighted by Gasteiger charge is -2.35. The summed E-state index contributed by atoms with van der Waals surface area (Å²) in [5.74, 6) is 0. The van der Waals surface area contributed by atoms with E-state index in [4.69, 9.17) is 0 Å². The number of halogens is 8. The van der Waals surface area contributed by atoms with Gasteiger partial charge in [-0.2, -0.15) is 31.2 Å². The molecule has 0 radical (unpaired) electrons. The van der Waals surface area contributed by atoms with Crippen molar-refractivity contribution >= 4 is 0 Å². The molecule has 0 amide bonds. The van der Waals surface area contributed by atoms with Gasteiger partial charge < -0.3 is 0 Å². The SMILES string of the molecule is CCC(F)(C(F)N(C)C(F)(F)F)C(F)(F)F. The molecule has 0 saturated heterocycles. The Morgan fingerprint density at radius 1 is 1.00 bits per heavy atom. The van der Waals surface area contributed by atoms with Crippen molar-refractivity contribution in [3.8, 4) is 0 Å². The molecule has 0 aromatic rings. The minimum absolute atomic E-state index is 0.0143. The minimum Gasteiger partial charge on any atom is -0.229 e. The highest BCUT2D eigenvalue weighted by Crippen LogP contribution is 2.43. The Balaban J connectivity index is 5.14. The average Bonchev–Trinajstić information content (AvgIpc) is 2.10. The molecule has 2 unspecified atom stereocenters. The Morgan fingerprint density at radius 2 is 1.38 bits per heavy atom. The van der Waals surface area contributed by atoms with Crippen molar-refractivity contribution in [2.45, 2.75) is 37.8 Å². The molecule has 0 saturated carbocycles.